The summed E-state index contributed by atoms with van der Waals surface area (Å²) in [5.74, 6) is -0.399. The SMILES string of the molecule is [CH2]C(=O)Nc1sccc1C#N. The lowest BCUT2D eigenvalue weighted by Gasteiger charge is -1.95. The predicted molar refractivity (Wildman–Crippen MR) is 43.0 cm³/mol. The van der Waals surface area contributed by atoms with E-state index in [-0.39, 0.29) is 0 Å². The lowest BCUT2D eigenvalue weighted by atomic mass is 10.3. The van der Waals surface area contributed by atoms with Crippen LogP contribution in [0, 0.1) is 18.3 Å². The molecule has 1 N–H and O–H groups in total. The van der Waals surface area contributed by atoms with Crippen LogP contribution < -0.4 is 5.32 Å². The van der Waals surface area contributed by atoms with E-state index in [1.54, 1.807) is 11.4 Å². The summed E-state index contributed by atoms with van der Waals surface area (Å²) in [5.41, 5.74) is 0.479. The number of amides is 1. The fraction of sp³-hybridized carbons (Fsp3) is 0. The quantitative estimate of drug-likeness (QED) is 0.683. The van der Waals surface area contributed by atoms with Crippen LogP contribution >= 0.6 is 11.3 Å². The Morgan fingerprint density at radius 1 is 1.82 bits per heavy atom. The largest absolute Gasteiger partial charge is 0.317 e. The number of nitrogens with one attached hydrogen (secondary N) is 1. The number of nitrogens with zero attached hydrogens (tertiary/aromatic N) is 1. The van der Waals surface area contributed by atoms with Crippen LogP contribution in [-0.4, -0.2) is 5.91 Å². The highest BCUT2D eigenvalue weighted by Gasteiger charge is 2.03. The van der Waals surface area contributed by atoms with E-state index < -0.39 is 5.91 Å². The van der Waals surface area contributed by atoms with Gasteiger partial charge in [-0.15, -0.1) is 11.3 Å². The van der Waals surface area contributed by atoms with Gasteiger partial charge in [0.1, 0.15) is 11.1 Å². The molecule has 0 fully saturated rings. The molecule has 4 heteroatoms. The summed E-state index contributed by atoms with van der Waals surface area (Å²) in [6.45, 7) is 3.14. The summed E-state index contributed by atoms with van der Waals surface area (Å²) in [4.78, 5) is 10.5. The molecule has 55 valence electrons. The molecule has 1 heterocycles. The Labute approximate surface area is 68.3 Å². The summed E-state index contributed by atoms with van der Waals surface area (Å²) in [7, 11) is 0. The zero-order valence-corrected chi connectivity index (χ0v) is 6.44. The topological polar surface area (TPSA) is 52.9 Å². The highest BCUT2D eigenvalue weighted by atomic mass is 32.1. The van der Waals surface area contributed by atoms with Gasteiger partial charge in [-0.3, -0.25) is 4.79 Å². The van der Waals surface area contributed by atoms with E-state index in [1.807, 2.05) is 6.07 Å². The summed E-state index contributed by atoms with van der Waals surface area (Å²) >= 11 is 1.31. The van der Waals surface area contributed by atoms with Crippen LogP contribution in [-0.2, 0) is 4.79 Å². The van der Waals surface area contributed by atoms with E-state index in [0.717, 1.165) is 0 Å². The van der Waals surface area contributed by atoms with Crippen LogP contribution in [0.4, 0.5) is 5.00 Å². The smallest absolute Gasteiger partial charge is 0.225 e. The normalized spacial score (nSPS) is 8.73. The van der Waals surface area contributed by atoms with Gasteiger partial charge in [-0.05, 0) is 11.4 Å². The third-order valence-electron chi connectivity index (χ3n) is 1.04. The standard InChI is InChI=1S/C7H5N2OS/c1-5(10)9-7-6(4-8)2-3-11-7/h2-3H,1H2,(H,9,10). The molecule has 0 saturated carbocycles. The minimum absolute atomic E-state index is 0.399. The van der Waals surface area contributed by atoms with Crippen molar-refractivity contribution < 1.29 is 4.79 Å². The minimum Gasteiger partial charge on any atom is -0.317 e. The fourth-order valence-corrected chi connectivity index (χ4v) is 1.37. The van der Waals surface area contributed by atoms with Gasteiger partial charge in [0.05, 0.1) is 5.56 Å². The van der Waals surface area contributed by atoms with Crippen molar-refractivity contribution >= 4 is 22.2 Å². The van der Waals surface area contributed by atoms with E-state index in [0.29, 0.717) is 10.6 Å². The maximum Gasteiger partial charge on any atom is 0.225 e. The first-order valence-electron chi connectivity index (χ1n) is 2.84. The molecule has 0 aliphatic rings. The van der Waals surface area contributed by atoms with Crippen molar-refractivity contribution in [1.29, 1.82) is 5.26 Å². The van der Waals surface area contributed by atoms with Crippen molar-refractivity contribution in [3.8, 4) is 6.07 Å². The van der Waals surface area contributed by atoms with Gasteiger partial charge in [-0.2, -0.15) is 5.26 Å². The van der Waals surface area contributed by atoms with Crippen LogP contribution in [0.25, 0.3) is 0 Å². The zero-order chi connectivity index (χ0) is 8.27. The molecule has 0 spiro atoms. The molecule has 1 rings (SSSR count). The molecule has 0 aliphatic heterocycles. The molecular weight excluding hydrogens is 160 g/mol. The number of anilines is 1. The van der Waals surface area contributed by atoms with Crippen molar-refractivity contribution in [2.75, 3.05) is 5.32 Å². The molecule has 0 aliphatic carbocycles. The fourth-order valence-electron chi connectivity index (χ4n) is 0.621. The van der Waals surface area contributed by atoms with Crippen LogP contribution in [0.15, 0.2) is 11.4 Å². The van der Waals surface area contributed by atoms with Crippen LogP contribution in [0.5, 0.6) is 0 Å². The second-order valence-electron chi connectivity index (χ2n) is 1.82. The number of nitriles is 1. The average Bonchev–Trinajstić information content (AvgIpc) is 2.34. The van der Waals surface area contributed by atoms with Gasteiger partial charge >= 0.3 is 0 Å². The van der Waals surface area contributed by atoms with Crippen molar-refractivity contribution in [1.82, 2.24) is 0 Å². The van der Waals surface area contributed by atoms with Crippen LogP contribution in [0.3, 0.4) is 0 Å². The maximum atomic E-state index is 10.5. The van der Waals surface area contributed by atoms with Gasteiger partial charge in [-0.1, -0.05) is 0 Å². The molecule has 3 nitrogen and oxygen atoms in total. The number of thiophene rings is 1. The van der Waals surface area contributed by atoms with E-state index in [1.165, 1.54) is 11.3 Å². The molecule has 1 amide bonds. The molecule has 0 unspecified atom stereocenters. The Bertz CT molecular complexity index is 310. The Morgan fingerprint density at radius 3 is 3.09 bits per heavy atom. The first-order chi connectivity index (χ1) is 5.24. The molecule has 1 aromatic heterocycles. The van der Waals surface area contributed by atoms with Crippen molar-refractivity contribution in [2.24, 2.45) is 0 Å². The summed E-state index contributed by atoms with van der Waals surface area (Å²) in [5, 5.41) is 13.3. The Balaban J connectivity index is 2.87. The number of carbonyl (C=O) groups is 1. The third-order valence-corrected chi connectivity index (χ3v) is 1.87. The Morgan fingerprint density at radius 2 is 2.55 bits per heavy atom. The van der Waals surface area contributed by atoms with E-state index in [4.69, 9.17) is 5.26 Å². The van der Waals surface area contributed by atoms with Gasteiger partial charge in [0.2, 0.25) is 5.91 Å². The van der Waals surface area contributed by atoms with E-state index in [9.17, 15) is 4.79 Å². The summed E-state index contributed by atoms with van der Waals surface area (Å²) in [6, 6.07) is 3.60. The number of hydrogen-bond acceptors (Lipinski definition) is 3. The highest BCUT2D eigenvalue weighted by molar-refractivity contribution is 7.14. The van der Waals surface area contributed by atoms with Gasteiger partial charge in [-0.25, -0.2) is 0 Å². The third kappa shape index (κ3) is 1.79. The number of carbonyl (C=O) groups excluding carboxylic acids is 1. The van der Waals surface area contributed by atoms with Crippen LogP contribution in [0.2, 0.25) is 0 Å². The lowest BCUT2D eigenvalue weighted by Crippen LogP contribution is -2.05. The lowest BCUT2D eigenvalue weighted by molar-refractivity contribution is -0.112. The average molecular weight is 165 g/mol. The molecule has 0 saturated heterocycles. The van der Waals surface area contributed by atoms with E-state index in [2.05, 4.69) is 12.2 Å². The second kappa shape index (κ2) is 3.17. The summed E-state index contributed by atoms with van der Waals surface area (Å²) < 4.78 is 0. The van der Waals surface area contributed by atoms with E-state index >= 15 is 0 Å². The van der Waals surface area contributed by atoms with Crippen molar-refractivity contribution in [3.63, 3.8) is 0 Å². The van der Waals surface area contributed by atoms with Crippen molar-refractivity contribution in [3.05, 3.63) is 23.9 Å². The molecule has 0 aromatic carbocycles. The Kier molecular flexibility index (Phi) is 2.24. The Hall–Kier alpha value is -1.34. The molecule has 0 atom stereocenters. The molecule has 1 aromatic rings. The molecule has 11 heavy (non-hydrogen) atoms. The van der Waals surface area contributed by atoms with Gasteiger partial charge in [0.25, 0.3) is 0 Å². The van der Waals surface area contributed by atoms with Gasteiger partial charge in [0, 0.05) is 6.92 Å². The number of rotatable bonds is 1. The maximum absolute atomic E-state index is 10.5. The minimum atomic E-state index is -0.399. The second-order valence-corrected chi connectivity index (χ2v) is 2.74. The monoisotopic (exact) mass is 165 g/mol. The summed E-state index contributed by atoms with van der Waals surface area (Å²) in [6.07, 6.45) is 0. The van der Waals surface area contributed by atoms with Gasteiger partial charge in [0.15, 0.2) is 0 Å². The van der Waals surface area contributed by atoms with Crippen LogP contribution in [0.1, 0.15) is 5.56 Å². The van der Waals surface area contributed by atoms with Gasteiger partial charge < -0.3 is 5.32 Å². The molecule has 1 radical (unpaired) electrons. The number of hydrogen-bond donors (Lipinski definition) is 1. The molecule has 0 bridgehead atoms. The van der Waals surface area contributed by atoms with Crippen molar-refractivity contribution in [2.45, 2.75) is 0 Å². The first-order valence-corrected chi connectivity index (χ1v) is 3.72. The molecular formula is C7H5N2OS. The first kappa shape index (κ1) is 7.76. The zero-order valence-electron chi connectivity index (χ0n) is 5.63. The highest BCUT2D eigenvalue weighted by Crippen LogP contribution is 2.21. The predicted octanol–water partition coefficient (Wildman–Crippen LogP) is 1.39.